The quantitative estimate of drug-likeness (QED) is 0.727. The Morgan fingerprint density at radius 2 is 1.80 bits per heavy atom. The number of hydrogen-bond acceptors (Lipinski definition) is 6. The summed E-state index contributed by atoms with van der Waals surface area (Å²) < 4.78 is 10.5. The first kappa shape index (κ1) is 17.2. The van der Waals surface area contributed by atoms with E-state index in [0.29, 0.717) is 22.3 Å². The summed E-state index contributed by atoms with van der Waals surface area (Å²) >= 11 is 5.85. The summed E-state index contributed by atoms with van der Waals surface area (Å²) in [5, 5.41) is 23.2. The van der Waals surface area contributed by atoms with Gasteiger partial charge in [0.1, 0.15) is 6.10 Å². The summed E-state index contributed by atoms with van der Waals surface area (Å²) in [6.07, 6.45) is -0.760. The van der Waals surface area contributed by atoms with Crippen molar-refractivity contribution in [3.8, 4) is 22.9 Å². The second-order valence-electron chi connectivity index (χ2n) is 5.31. The zero-order valence-corrected chi connectivity index (χ0v) is 14.5. The molecule has 1 N–H and O–H groups in total. The molecule has 3 rings (SSSR count). The zero-order valence-electron chi connectivity index (χ0n) is 13.8. The van der Waals surface area contributed by atoms with Crippen LogP contribution in [0.25, 0.3) is 11.4 Å². The van der Waals surface area contributed by atoms with Gasteiger partial charge in [0, 0.05) is 10.6 Å². The number of aliphatic hydroxyl groups excluding tert-OH is 1. The molecular formula is C17H17ClN4O3. The van der Waals surface area contributed by atoms with Crippen molar-refractivity contribution < 1.29 is 14.6 Å². The molecule has 0 saturated carbocycles. The van der Waals surface area contributed by atoms with Crippen LogP contribution in [0.4, 0.5) is 0 Å². The number of aliphatic hydroxyl groups is 1. The lowest BCUT2D eigenvalue weighted by Gasteiger charge is -2.09. The summed E-state index contributed by atoms with van der Waals surface area (Å²) in [6.45, 7) is 0.182. The minimum Gasteiger partial charge on any atom is -0.493 e. The number of benzene rings is 2. The molecule has 0 spiro atoms. The Balaban J connectivity index is 1.77. The van der Waals surface area contributed by atoms with Crippen LogP contribution in [0.3, 0.4) is 0 Å². The molecule has 8 heteroatoms. The first-order chi connectivity index (χ1) is 12.1. The van der Waals surface area contributed by atoms with Crippen LogP contribution in [0.2, 0.25) is 5.02 Å². The predicted molar refractivity (Wildman–Crippen MR) is 92.8 cm³/mol. The molecular weight excluding hydrogens is 344 g/mol. The largest absolute Gasteiger partial charge is 0.493 e. The smallest absolute Gasteiger partial charge is 0.205 e. The van der Waals surface area contributed by atoms with Gasteiger partial charge in [0.15, 0.2) is 11.5 Å². The highest BCUT2D eigenvalue weighted by atomic mass is 35.5. The van der Waals surface area contributed by atoms with E-state index in [2.05, 4.69) is 15.4 Å². The van der Waals surface area contributed by atoms with Gasteiger partial charge in [-0.1, -0.05) is 23.7 Å². The summed E-state index contributed by atoms with van der Waals surface area (Å²) in [4.78, 5) is 1.35. The summed E-state index contributed by atoms with van der Waals surface area (Å²) in [5.41, 5.74) is 1.47. The van der Waals surface area contributed by atoms with Gasteiger partial charge in [0.2, 0.25) is 5.82 Å². The van der Waals surface area contributed by atoms with E-state index in [4.69, 9.17) is 21.1 Å². The molecule has 0 aliphatic heterocycles. The lowest BCUT2D eigenvalue weighted by molar-refractivity contribution is 0.144. The average molecular weight is 361 g/mol. The number of methoxy groups -OCH3 is 2. The van der Waals surface area contributed by atoms with Crippen LogP contribution in [0.1, 0.15) is 11.7 Å². The van der Waals surface area contributed by atoms with Crippen LogP contribution in [0, 0.1) is 0 Å². The van der Waals surface area contributed by atoms with Gasteiger partial charge in [-0.25, -0.2) is 0 Å². The maximum absolute atomic E-state index is 10.3. The summed E-state index contributed by atoms with van der Waals surface area (Å²) in [7, 11) is 3.14. The van der Waals surface area contributed by atoms with Gasteiger partial charge in [-0.15, -0.1) is 10.2 Å². The molecule has 0 amide bonds. The van der Waals surface area contributed by atoms with Crippen LogP contribution in [-0.4, -0.2) is 39.5 Å². The molecule has 1 atom stereocenters. The first-order valence-electron chi connectivity index (χ1n) is 7.54. The molecule has 0 bridgehead atoms. The monoisotopic (exact) mass is 360 g/mol. The average Bonchev–Trinajstić information content (AvgIpc) is 3.10. The Morgan fingerprint density at radius 1 is 1.08 bits per heavy atom. The third-order valence-corrected chi connectivity index (χ3v) is 3.94. The molecule has 1 heterocycles. The molecule has 0 saturated heterocycles. The van der Waals surface area contributed by atoms with Gasteiger partial charge in [-0.2, -0.15) is 4.80 Å². The molecule has 1 aromatic heterocycles. The second-order valence-corrected chi connectivity index (χ2v) is 5.74. The third-order valence-electron chi connectivity index (χ3n) is 3.69. The van der Waals surface area contributed by atoms with Crippen molar-refractivity contribution >= 4 is 11.6 Å². The maximum Gasteiger partial charge on any atom is 0.205 e. The van der Waals surface area contributed by atoms with Gasteiger partial charge in [-0.3, -0.25) is 0 Å². The van der Waals surface area contributed by atoms with E-state index in [1.54, 1.807) is 50.6 Å². The molecule has 1 unspecified atom stereocenters. The van der Waals surface area contributed by atoms with Crippen molar-refractivity contribution in [2.75, 3.05) is 14.2 Å². The van der Waals surface area contributed by atoms with E-state index in [0.717, 1.165) is 11.1 Å². The second kappa shape index (κ2) is 7.50. The summed E-state index contributed by atoms with van der Waals surface area (Å²) in [5.74, 6) is 1.64. The van der Waals surface area contributed by atoms with Crippen molar-refractivity contribution in [1.29, 1.82) is 0 Å². The number of aromatic nitrogens is 4. The van der Waals surface area contributed by atoms with E-state index in [1.165, 1.54) is 4.80 Å². The molecule has 3 aromatic rings. The normalized spacial score (nSPS) is 12.0. The van der Waals surface area contributed by atoms with Crippen LogP contribution >= 0.6 is 11.6 Å². The number of ether oxygens (including phenoxy) is 2. The van der Waals surface area contributed by atoms with Gasteiger partial charge >= 0.3 is 0 Å². The van der Waals surface area contributed by atoms with Gasteiger partial charge in [-0.05, 0) is 41.1 Å². The summed E-state index contributed by atoms with van der Waals surface area (Å²) in [6, 6.07) is 12.3. The number of hydrogen-bond donors (Lipinski definition) is 1. The van der Waals surface area contributed by atoms with Crippen molar-refractivity contribution in [3.63, 3.8) is 0 Å². The highest BCUT2D eigenvalue weighted by Gasteiger charge is 2.14. The fraction of sp³-hybridized carbons (Fsp3) is 0.235. The van der Waals surface area contributed by atoms with E-state index < -0.39 is 6.10 Å². The van der Waals surface area contributed by atoms with Gasteiger partial charge in [0.25, 0.3) is 0 Å². The van der Waals surface area contributed by atoms with E-state index in [9.17, 15) is 5.11 Å². The van der Waals surface area contributed by atoms with Crippen LogP contribution in [-0.2, 0) is 6.54 Å². The fourth-order valence-electron chi connectivity index (χ4n) is 2.36. The predicted octanol–water partition coefficient (Wildman–Crippen LogP) is 2.74. The molecule has 0 radical (unpaired) electrons. The minimum absolute atomic E-state index is 0.182. The van der Waals surface area contributed by atoms with Crippen molar-refractivity contribution in [3.05, 3.63) is 53.1 Å². The molecule has 130 valence electrons. The molecule has 0 fully saturated rings. The highest BCUT2D eigenvalue weighted by molar-refractivity contribution is 6.30. The fourth-order valence-corrected chi connectivity index (χ4v) is 2.48. The molecule has 2 aromatic carbocycles. The Kier molecular flexibility index (Phi) is 5.16. The lowest BCUT2D eigenvalue weighted by Crippen LogP contribution is -2.11. The van der Waals surface area contributed by atoms with Gasteiger partial charge < -0.3 is 14.6 Å². The van der Waals surface area contributed by atoms with Crippen LogP contribution in [0.15, 0.2) is 42.5 Å². The topological polar surface area (TPSA) is 82.3 Å². The molecule has 0 aliphatic carbocycles. The van der Waals surface area contributed by atoms with E-state index in [1.807, 2.05) is 6.07 Å². The minimum atomic E-state index is -0.760. The highest BCUT2D eigenvalue weighted by Crippen LogP contribution is 2.30. The number of halogens is 1. The zero-order chi connectivity index (χ0) is 17.8. The lowest BCUT2D eigenvalue weighted by atomic mass is 10.1. The Labute approximate surface area is 149 Å². The molecule has 25 heavy (non-hydrogen) atoms. The van der Waals surface area contributed by atoms with Crippen LogP contribution < -0.4 is 9.47 Å². The van der Waals surface area contributed by atoms with Gasteiger partial charge in [0.05, 0.1) is 20.8 Å². The number of nitrogens with zero attached hydrogens (tertiary/aromatic N) is 4. The number of rotatable bonds is 6. The first-order valence-corrected chi connectivity index (χ1v) is 7.92. The molecule has 7 nitrogen and oxygen atoms in total. The standard InChI is InChI=1S/C17H17ClN4O3/c1-24-15-8-5-12(9-16(15)25-2)17-19-21-22(20-17)10-14(23)11-3-6-13(18)7-4-11/h3-9,14,23H,10H2,1-2H3. The Hall–Kier alpha value is -2.64. The third kappa shape index (κ3) is 3.89. The maximum atomic E-state index is 10.3. The Morgan fingerprint density at radius 3 is 2.48 bits per heavy atom. The Bertz CT molecular complexity index is 851. The number of tetrazole rings is 1. The van der Waals surface area contributed by atoms with E-state index >= 15 is 0 Å². The van der Waals surface area contributed by atoms with Crippen molar-refractivity contribution in [2.45, 2.75) is 12.6 Å². The van der Waals surface area contributed by atoms with Crippen molar-refractivity contribution in [2.24, 2.45) is 0 Å². The van der Waals surface area contributed by atoms with E-state index in [-0.39, 0.29) is 6.54 Å². The SMILES string of the molecule is COc1ccc(-c2nnn(CC(O)c3ccc(Cl)cc3)n2)cc1OC. The van der Waals surface area contributed by atoms with Crippen LogP contribution in [0.5, 0.6) is 11.5 Å². The molecule has 0 aliphatic rings. The van der Waals surface area contributed by atoms with Crippen molar-refractivity contribution in [1.82, 2.24) is 20.2 Å².